The molecule has 0 bridgehead atoms. The average molecular weight is 457 g/mol. The van der Waals surface area contributed by atoms with Gasteiger partial charge in [0.05, 0.1) is 19.6 Å². The van der Waals surface area contributed by atoms with Gasteiger partial charge in [-0.2, -0.15) is 0 Å². The largest absolute Gasteiger partial charge is 0.508 e. The number of esters is 1. The van der Waals surface area contributed by atoms with Gasteiger partial charge in [-0.3, -0.25) is 9.59 Å². The lowest BCUT2D eigenvalue weighted by atomic mass is 9.81. The lowest BCUT2D eigenvalue weighted by molar-refractivity contribution is -0.145. The van der Waals surface area contributed by atoms with E-state index in [2.05, 4.69) is 10.6 Å². The number of rotatable bonds is 12. The van der Waals surface area contributed by atoms with Gasteiger partial charge in [0.1, 0.15) is 11.8 Å². The zero-order chi connectivity index (χ0) is 24.4. The van der Waals surface area contributed by atoms with E-state index in [0.717, 1.165) is 11.1 Å². The summed E-state index contributed by atoms with van der Waals surface area (Å²) in [4.78, 5) is 36.5. The second kappa shape index (κ2) is 12.0. The number of hydrogen-bond donors (Lipinski definition) is 4. The van der Waals surface area contributed by atoms with Gasteiger partial charge in [0.2, 0.25) is 5.91 Å². The predicted octanol–water partition coefficient (Wildman–Crippen LogP) is 2.39. The van der Waals surface area contributed by atoms with Crippen molar-refractivity contribution in [1.82, 2.24) is 10.6 Å². The van der Waals surface area contributed by atoms with Gasteiger partial charge < -0.3 is 25.6 Å². The third kappa shape index (κ3) is 8.23. The van der Waals surface area contributed by atoms with Crippen molar-refractivity contribution >= 4 is 17.8 Å². The van der Waals surface area contributed by atoms with Crippen LogP contribution in [0, 0.1) is 0 Å². The Hall–Kier alpha value is -3.39. The number of carboxylic acid groups (broad SMARTS) is 1. The van der Waals surface area contributed by atoms with Crippen LogP contribution in [0.3, 0.4) is 0 Å². The molecule has 2 aromatic carbocycles. The normalized spacial score (nSPS) is 13.1. The van der Waals surface area contributed by atoms with Crippen molar-refractivity contribution in [3.8, 4) is 5.75 Å². The number of methoxy groups -OCH3 is 1. The molecule has 0 saturated carbocycles. The molecule has 0 spiro atoms. The standard InChI is InChI=1S/C25H32N2O6/c1-25(2,18-9-11-19(28)12-10-18)13-14-26-20(16-22(29)30)23(31)27-21(24(32)33-3)15-17-7-5-4-6-8-17/h4-12,20-21,26,28H,13-16H2,1-3H3,(H,27,31)(H,29,30)/t20-,21+/m0/s1. The maximum atomic E-state index is 12.9. The molecule has 0 aliphatic carbocycles. The van der Waals surface area contributed by atoms with E-state index in [1.807, 2.05) is 56.3 Å². The maximum absolute atomic E-state index is 12.9. The van der Waals surface area contributed by atoms with Crippen LogP contribution in [0.1, 0.15) is 37.8 Å². The first-order chi connectivity index (χ1) is 15.6. The molecule has 0 aliphatic rings. The highest BCUT2D eigenvalue weighted by molar-refractivity contribution is 5.90. The molecule has 0 saturated heterocycles. The Morgan fingerprint density at radius 2 is 1.64 bits per heavy atom. The summed E-state index contributed by atoms with van der Waals surface area (Å²) in [7, 11) is 1.24. The van der Waals surface area contributed by atoms with Crippen LogP contribution in [-0.2, 0) is 31.0 Å². The third-order valence-corrected chi connectivity index (χ3v) is 5.57. The van der Waals surface area contributed by atoms with E-state index in [1.54, 1.807) is 12.1 Å². The van der Waals surface area contributed by atoms with E-state index in [1.165, 1.54) is 7.11 Å². The Labute approximate surface area is 194 Å². The molecule has 178 valence electrons. The fourth-order valence-corrected chi connectivity index (χ4v) is 3.51. The fourth-order valence-electron chi connectivity index (χ4n) is 3.51. The van der Waals surface area contributed by atoms with Crippen molar-refractivity contribution in [2.24, 2.45) is 0 Å². The predicted molar refractivity (Wildman–Crippen MR) is 124 cm³/mol. The van der Waals surface area contributed by atoms with Crippen LogP contribution in [0.2, 0.25) is 0 Å². The summed E-state index contributed by atoms with van der Waals surface area (Å²) in [6.07, 6.45) is 0.420. The zero-order valence-corrected chi connectivity index (χ0v) is 19.2. The van der Waals surface area contributed by atoms with Crippen molar-refractivity contribution in [2.45, 2.75) is 50.6 Å². The number of carbonyl (C=O) groups excluding carboxylic acids is 2. The second-order valence-electron chi connectivity index (χ2n) is 8.56. The number of aromatic hydroxyl groups is 1. The summed E-state index contributed by atoms with van der Waals surface area (Å²) in [6.45, 7) is 4.43. The van der Waals surface area contributed by atoms with Gasteiger partial charge in [0.25, 0.3) is 0 Å². The number of ether oxygens (including phenoxy) is 1. The molecule has 0 heterocycles. The first-order valence-electron chi connectivity index (χ1n) is 10.8. The van der Waals surface area contributed by atoms with Crippen LogP contribution in [0.25, 0.3) is 0 Å². The molecule has 2 rings (SSSR count). The summed E-state index contributed by atoms with van der Waals surface area (Å²) >= 11 is 0. The number of benzene rings is 2. The minimum absolute atomic E-state index is 0.182. The van der Waals surface area contributed by atoms with Crippen LogP contribution >= 0.6 is 0 Å². The summed E-state index contributed by atoms with van der Waals surface area (Å²) in [5, 5.41) is 24.4. The van der Waals surface area contributed by atoms with Gasteiger partial charge in [-0.05, 0) is 41.6 Å². The van der Waals surface area contributed by atoms with E-state index in [0.29, 0.717) is 13.0 Å². The summed E-state index contributed by atoms with van der Waals surface area (Å²) < 4.78 is 4.82. The number of aliphatic carboxylic acids is 1. The molecule has 0 unspecified atom stereocenters. The molecule has 33 heavy (non-hydrogen) atoms. The van der Waals surface area contributed by atoms with Crippen LogP contribution in [0.5, 0.6) is 5.75 Å². The number of hydrogen-bond acceptors (Lipinski definition) is 6. The molecular weight excluding hydrogens is 424 g/mol. The smallest absolute Gasteiger partial charge is 0.328 e. The number of amides is 1. The van der Waals surface area contributed by atoms with Crippen molar-refractivity contribution in [2.75, 3.05) is 13.7 Å². The Bertz CT molecular complexity index is 928. The van der Waals surface area contributed by atoms with E-state index in [-0.39, 0.29) is 17.6 Å². The highest BCUT2D eigenvalue weighted by atomic mass is 16.5. The van der Waals surface area contributed by atoms with Crippen LogP contribution in [0.15, 0.2) is 54.6 Å². The zero-order valence-electron chi connectivity index (χ0n) is 19.2. The topological polar surface area (TPSA) is 125 Å². The summed E-state index contributed by atoms with van der Waals surface area (Å²) in [5.41, 5.74) is 1.58. The van der Waals surface area contributed by atoms with Crippen molar-refractivity contribution in [3.05, 3.63) is 65.7 Å². The Balaban J connectivity index is 2.04. The number of carboxylic acids is 1. The number of nitrogens with one attached hydrogen (secondary N) is 2. The lowest BCUT2D eigenvalue weighted by Gasteiger charge is -2.27. The molecule has 8 heteroatoms. The molecule has 8 nitrogen and oxygen atoms in total. The first kappa shape index (κ1) is 25.9. The van der Waals surface area contributed by atoms with Gasteiger partial charge in [-0.1, -0.05) is 56.3 Å². The van der Waals surface area contributed by atoms with Crippen molar-refractivity contribution in [1.29, 1.82) is 0 Å². The lowest BCUT2D eigenvalue weighted by Crippen LogP contribution is -2.52. The van der Waals surface area contributed by atoms with Crippen molar-refractivity contribution < 1.29 is 29.3 Å². The fraction of sp³-hybridized carbons (Fsp3) is 0.400. The average Bonchev–Trinajstić information content (AvgIpc) is 2.78. The Morgan fingerprint density at radius 1 is 1.00 bits per heavy atom. The summed E-state index contributed by atoms with van der Waals surface area (Å²) in [5.74, 6) is -2.12. The SMILES string of the molecule is COC(=O)[C@@H](Cc1ccccc1)NC(=O)[C@H](CC(=O)O)NCCC(C)(C)c1ccc(O)cc1. The van der Waals surface area contributed by atoms with E-state index < -0.39 is 36.4 Å². The Kier molecular flexibility index (Phi) is 9.42. The van der Waals surface area contributed by atoms with Crippen LogP contribution in [0.4, 0.5) is 0 Å². The summed E-state index contributed by atoms with van der Waals surface area (Å²) in [6, 6.07) is 14.1. The highest BCUT2D eigenvalue weighted by Gasteiger charge is 2.28. The molecular formula is C25H32N2O6. The maximum Gasteiger partial charge on any atom is 0.328 e. The molecule has 4 N–H and O–H groups in total. The minimum Gasteiger partial charge on any atom is -0.508 e. The van der Waals surface area contributed by atoms with Gasteiger partial charge in [-0.25, -0.2) is 4.79 Å². The minimum atomic E-state index is -1.13. The molecule has 0 aromatic heterocycles. The molecule has 0 fully saturated rings. The van der Waals surface area contributed by atoms with Crippen LogP contribution in [-0.4, -0.2) is 53.8 Å². The van der Waals surface area contributed by atoms with Gasteiger partial charge >= 0.3 is 11.9 Å². The van der Waals surface area contributed by atoms with Gasteiger partial charge in [-0.15, -0.1) is 0 Å². The van der Waals surface area contributed by atoms with Crippen LogP contribution < -0.4 is 10.6 Å². The second-order valence-corrected chi connectivity index (χ2v) is 8.56. The van der Waals surface area contributed by atoms with Crippen molar-refractivity contribution in [3.63, 3.8) is 0 Å². The molecule has 2 atom stereocenters. The molecule has 0 aliphatic heterocycles. The molecule has 1 amide bonds. The number of phenolic OH excluding ortho intramolecular Hbond substituents is 1. The monoisotopic (exact) mass is 456 g/mol. The molecule has 2 aromatic rings. The highest BCUT2D eigenvalue weighted by Crippen LogP contribution is 2.27. The first-order valence-corrected chi connectivity index (χ1v) is 10.8. The van der Waals surface area contributed by atoms with E-state index >= 15 is 0 Å². The molecule has 0 radical (unpaired) electrons. The number of phenols is 1. The van der Waals surface area contributed by atoms with E-state index in [4.69, 9.17) is 4.74 Å². The Morgan fingerprint density at radius 3 is 2.21 bits per heavy atom. The quantitative estimate of drug-likeness (QED) is 0.362. The van der Waals surface area contributed by atoms with Gasteiger partial charge in [0, 0.05) is 6.42 Å². The number of carbonyl (C=O) groups is 3. The van der Waals surface area contributed by atoms with Gasteiger partial charge in [0.15, 0.2) is 0 Å². The third-order valence-electron chi connectivity index (χ3n) is 5.57. The van der Waals surface area contributed by atoms with E-state index in [9.17, 15) is 24.6 Å².